The van der Waals surface area contributed by atoms with Crippen molar-refractivity contribution in [1.29, 1.82) is 0 Å². The second kappa shape index (κ2) is 10.6. The van der Waals surface area contributed by atoms with Crippen LogP contribution in [0.25, 0.3) is 0 Å². The second-order valence-electron chi connectivity index (χ2n) is 12.6. The number of anilines is 3. The van der Waals surface area contributed by atoms with E-state index in [4.69, 9.17) is 30.7 Å². The summed E-state index contributed by atoms with van der Waals surface area (Å²) in [5.41, 5.74) is 12.8. The number of fused-ring (bicyclic) bond motifs is 3. The van der Waals surface area contributed by atoms with Crippen LogP contribution in [-0.2, 0) is 16.5 Å². The van der Waals surface area contributed by atoms with Crippen LogP contribution in [0.4, 0.5) is 17.6 Å². The molecule has 4 atom stereocenters. The van der Waals surface area contributed by atoms with E-state index < -0.39 is 0 Å². The fourth-order valence-corrected chi connectivity index (χ4v) is 7.92. The van der Waals surface area contributed by atoms with Crippen LogP contribution in [0.15, 0.2) is 26.8 Å². The predicted octanol–water partition coefficient (Wildman–Crippen LogP) is 2.26. The molecule has 5 aliphatic rings. The summed E-state index contributed by atoms with van der Waals surface area (Å²) in [6, 6.07) is 2.21. The first kappa shape index (κ1) is 27.3. The monoisotopic (exact) mass is 583 g/mol. The first-order valence-electron chi connectivity index (χ1n) is 15.0. The number of hydrogen-bond acceptors (Lipinski definition) is 11. The van der Waals surface area contributed by atoms with Crippen molar-refractivity contribution < 1.29 is 14.2 Å². The Labute approximate surface area is 244 Å². The van der Waals surface area contributed by atoms with Gasteiger partial charge < -0.3 is 35.5 Å². The van der Waals surface area contributed by atoms with Crippen molar-refractivity contribution in [3.05, 3.63) is 22.6 Å². The van der Waals surface area contributed by atoms with E-state index in [2.05, 4.69) is 14.8 Å². The maximum atomic E-state index is 13.6. The summed E-state index contributed by atoms with van der Waals surface area (Å²) in [4.78, 5) is 28.7. The zero-order valence-electron chi connectivity index (χ0n) is 24.0. The minimum absolute atomic E-state index is 0.00541. The lowest BCUT2D eigenvalue weighted by Gasteiger charge is -2.41. The van der Waals surface area contributed by atoms with E-state index in [-0.39, 0.29) is 28.9 Å². The predicted molar refractivity (Wildman–Crippen MR) is 158 cm³/mol. The van der Waals surface area contributed by atoms with E-state index in [0.29, 0.717) is 41.8 Å². The molecule has 222 valence electrons. The molecule has 0 bridgehead atoms. The van der Waals surface area contributed by atoms with Gasteiger partial charge in [-0.2, -0.15) is 4.98 Å². The van der Waals surface area contributed by atoms with Crippen LogP contribution in [0.3, 0.4) is 0 Å². The summed E-state index contributed by atoms with van der Waals surface area (Å²) in [7, 11) is 1.77. The van der Waals surface area contributed by atoms with Crippen molar-refractivity contribution in [1.82, 2.24) is 14.5 Å². The minimum Gasteiger partial charge on any atom is -0.486 e. The summed E-state index contributed by atoms with van der Waals surface area (Å²) in [6.07, 6.45) is 7.31. The molecule has 41 heavy (non-hydrogen) atoms. The summed E-state index contributed by atoms with van der Waals surface area (Å²) >= 11 is 1.31. The number of aromatic nitrogens is 3. The topological polar surface area (TPSA) is 134 Å². The third-order valence-electron chi connectivity index (χ3n) is 9.80. The van der Waals surface area contributed by atoms with E-state index >= 15 is 0 Å². The number of nitrogen functional groups attached to an aromatic ring is 1. The lowest BCUT2D eigenvalue weighted by Crippen LogP contribution is -2.51. The standard InChI is InChI=1S/C29H41N7O4S/c1-17-24(30)29(16-40-17)6-9-35(10-7-29)28-33-25(31)23(27(37)34(28)2)41-21-5-8-32-26-22(21)39-15-20-11-19(12-36(20)26)14-38-13-18-3-4-18/h5,8,17-20,24H,3-4,6-7,9-16,30-31H2,1-2H3/t17-,19?,20-,24+/m0/s1. The Balaban J connectivity index is 1.07. The molecule has 2 aromatic rings. The number of piperidine rings is 1. The molecule has 6 heterocycles. The van der Waals surface area contributed by atoms with Gasteiger partial charge in [0.25, 0.3) is 5.56 Å². The number of pyridine rings is 1. The molecule has 4 N–H and O–H groups in total. The van der Waals surface area contributed by atoms with E-state index in [1.165, 1.54) is 24.6 Å². The molecule has 1 unspecified atom stereocenters. The van der Waals surface area contributed by atoms with Gasteiger partial charge in [0.2, 0.25) is 5.95 Å². The number of ether oxygens (including phenoxy) is 3. The zero-order chi connectivity index (χ0) is 28.3. The van der Waals surface area contributed by atoms with E-state index in [1.807, 2.05) is 13.0 Å². The normalized spacial score (nSPS) is 28.6. The van der Waals surface area contributed by atoms with Gasteiger partial charge in [-0.05, 0) is 51.0 Å². The Kier molecular flexibility index (Phi) is 7.08. The lowest BCUT2D eigenvalue weighted by molar-refractivity contribution is 0.0956. The van der Waals surface area contributed by atoms with Gasteiger partial charge in [-0.25, -0.2) is 4.98 Å². The molecule has 1 aliphatic carbocycles. The molecule has 7 rings (SSSR count). The molecule has 2 aromatic heterocycles. The Morgan fingerprint density at radius 1 is 1.22 bits per heavy atom. The van der Waals surface area contributed by atoms with Gasteiger partial charge in [0.15, 0.2) is 11.6 Å². The van der Waals surface area contributed by atoms with Crippen molar-refractivity contribution in [2.45, 2.75) is 67.0 Å². The summed E-state index contributed by atoms with van der Waals surface area (Å²) in [5.74, 6) is 3.61. The van der Waals surface area contributed by atoms with E-state index in [0.717, 1.165) is 68.7 Å². The van der Waals surface area contributed by atoms with E-state index in [1.54, 1.807) is 17.8 Å². The fraction of sp³-hybridized carbons (Fsp3) is 0.690. The van der Waals surface area contributed by atoms with Gasteiger partial charge in [-0.15, -0.1) is 0 Å². The van der Waals surface area contributed by atoms with Crippen molar-refractivity contribution >= 4 is 29.3 Å². The Hall–Kier alpha value is -2.54. The molecule has 1 saturated carbocycles. The highest BCUT2D eigenvalue weighted by atomic mass is 32.2. The quantitative estimate of drug-likeness (QED) is 0.497. The second-order valence-corrected chi connectivity index (χ2v) is 13.7. The van der Waals surface area contributed by atoms with Gasteiger partial charge >= 0.3 is 0 Å². The van der Waals surface area contributed by atoms with Gasteiger partial charge in [0, 0.05) is 56.9 Å². The Morgan fingerprint density at radius 2 is 2.00 bits per heavy atom. The maximum Gasteiger partial charge on any atom is 0.270 e. The van der Waals surface area contributed by atoms with Gasteiger partial charge in [0.1, 0.15) is 17.3 Å². The van der Waals surface area contributed by atoms with Crippen LogP contribution in [0, 0.1) is 17.3 Å². The summed E-state index contributed by atoms with van der Waals surface area (Å²) < 4.78 is 19.7. The number of rotatable bonds is 7. The number of nitrogens with zero attached hydrogens (tertiary/aromatic N) is 5. The smallest absolute Gasteiger partial charge is 0.270 e. The average molecular weight is 584 g/mol. The molecule has 0 radical (unpaired) electrons. The molecule has 3 saturated heterocycles. The Bertz CT molecular complexity index is 1360. The molecule has 0 aromatic carbocycles. The van der Waals surface area contributed by atoms with Crippen molar-refractivity contribution in [2.75, 3.05) is 61.6 Å². The highest BCUT2D eigenvalue weighted by Crippen LogP contribution is 2.46. The van der Waals surface area contributed by atoms with Crippen LogP contribution in [0.2, 0.25) is 0 Å². The van der Waals surface area contributed by atoms with Gasteiger partial charge in [-0.3, -0.25) is 9.36 Å². The first-order valence-corrected chi connectivity index (χ1v) is 15.8. The van der Waals surface area contributed by atoms with Crippen LogP contribution in [0.1, 0.15) is 39.0 Å². The summed E-state index contributed by atoms with van der Waals surface area (Å²) in [5, 5.41) is 0. The van der Waals surface area contributed by atoms with Crippen LogP contribution in [0.5, 0.6) is 5.75 Å². The molecule has 12 heteroatoms. The van der Waals surface area contributed by atoms with Crippen LogP contribution in [-0.4, -0.2) is 78.8 Å². The van der Waals surface area contributed by atoms with Gasteiger partial charge in [-0.1, -0.05) is 11.8 Å². The fourth-order valence-electron chi connectivity index (χ4n) is 6.96. The van der Waals surface area contributed by atoms with Crippen molar-refractivity contribution in [3.8, 4) is 5.75 Å². The molecular weight excluding hydrogens is 542 g/mol. The average Bonchev–Trinajstić information content (AvgIpc) is 3.65. The summed E-state index contributed by atoms with van der Waals surface area (Å²) in [6.45, 7) is 7.42. The van der Waals surface area contributed by atoms with Crippen molar-refractivity contribution in [3.63, 3.8) is 0 Å². The molecule has 1 spiro atoms. The first-order chi connectivity index (χ1) is 19.8. The van der Waals surface area contributed by atoms with Crippen molar-refractivity contribution in [2.24, 2.45) is 30.0 Å². The molecule has 4 aliphatic heterocycles. The molecule has 11 nitrogen and oxygen atoms in total. The van der Waals surface area contributed by atoms with Crippen LogP contribution < -0.4 is 31.6 Å². The molecular formula is C29H41N7O4S. The number of nitrogens with two attached hydrogens (primary N) is 2. The SMILES string of the molecule is C[C@@H]1OCC2(CCN(c3nc(N)c(Sc4ccnc5c4OC[C@@H]4CC(COCC6CC6)CN54)c(=O)n3C)CC2)[C@@H]1N. The molecule has 4 fully saturated rings. The third-order valence-corrected chi connectivity index (χ3v) is 10.9. The minimum atomic E-state index is -0.166. The maximum absolute atomic E-state index is 13.6. The van der Waals surface area contributed by atoms with E-state index in [9.17, 15) is 4.79 Å². The highest BCUT2D eigenvalue weighted by Gasteiger charge is 2.48. The third kappa shape index (κ3) is 4.96. The Morgan fingerprint density at radius 3 is 2.73 bits per heavy atom. The lowest BCUT2D eigenvalue weighted by atomic mass is 9.73. The number of hydrogen-bond donors (Lipinski definition) is 2. The largest absolute Gasteiger partial charge is 0.486 e. The zero-order valence-corrected chi connectivity index (χ0v) is 24.8. The van der Waals surface area contributed by atoms with Crippen LogP contribution >= 0.6 is 11.8 Å². The molecule has 0 amide bonds. The van der Waals surface area contributed by atoms with Gasteiger partial charge in [0.05, 0.1) is 30.3 Å². The highest BCUT2D eigenvalue weighted by molar-refractivity contribution is 7.99.